The van der Waals surface area contributed by atoms with Crippen LogP contribution in [0.1, 0.15) is 18.5 Å². The number of pyridine rings is 1. The second kappa shape index (κ2) is 7.56. The molecule has 2 saturated heterocycles. The van der Waals surface area contributed by atoms with E-state index in [1.165, 1.54) is 12.8 Å². The molecule has 120 valence electrons. The third-order valence-corrected chi connectivity index (χ3v) is 4.29. The molecule has 2 amide bonds. The first-order valence-corrected chi connectivity index (χ1v) is 8.08. The van der Waals surface area contributed by atoms with Crippen molar-refractivity contribution >= 4 is 6.03 Å². The van der Waals surface area contributed by atoms with Crippen LogP contribution in [-0.2, 0) is 11.3 Å². The number of nitrogens with zero attached hydrogens (tertiary/aromatic N) is 3. The van der Waals surface area contributed by atoms with Crippen molar-refractivity contribution in [2.45, 2.75) is 25.5 Å². The number of carbonyl (C=O) groups is 1. The molecular formula is C16H24N4O2. The zero-order chi connectivity index (χ0) is 15.2. The third kappa shape index (κ3) is 4.18. The van der Waals surface area contributed by atoms with Gasteiger partial charge in [-0.3, -0.25) is 9.88 Å². The molecule has 22 heavy (non-hydrogen) atoms. The number of amides is 2. The molecule has 2 aliphatic rings. The number of carbonyl (C=O) groups excluding carboxylic acids is 1. The predicted octanol–water partition coefficient (Wildman–Crippen LogP) is 1.09. The minimum atomic E-state index is 0.00224. The van der Waals surface area contributed by atoms with Crippen LogP contribution in [0.5, 0.6) is 0 Å². The van der Waals surface area contributed by atoms with E-state index in [1.54, 1.807) is 6.20 Å². The lowest BCUT2D eigenvalue weighted by atomic mass is 10.2. The number of urea groups is 1. The molecule has 2 aliphatic heterocycles. The minimum absolute atomic E-state index is 0.00224. The summed E-state index contributed by atoms with van der Waals surface area (Å²) in [6.07, 6.45) is 4.49. The highest BCUT2D eigenvalue weighted by Gasteiger charge is 2.24. The molecule has 0 saturated carbocycles. The van der Waals surface area contributed by atoms with Crippen LogP contribution in [0.2, 0.25) is 0 Å². The number of hydrogen-bond donors (Lipinski definition) is 1. The van der Waals surface area contributed by atoms with Crippen molar-refractivity contribution in [3.63, 3.8) is 0 Å². The Hall–Kier alpha value is -1.66. The summed E-state index contributed by atoms with van der Waals surface area (Å²) >= 11 is 0. The molecule has 0 aromatic carbocycles. The standard InChI is InChI=1S/C16H24N4O2/c21-16(18-12-14-4-1-2-6-17-14)20-9-7-19(8-10-20)13-15-5-3-11-22-15/h1-2,4,6,15H,3,5,7-13H2,(H,18,21)/t15-/m1/s1. The van der Waals surface area contributed by atoms with Gasteiger partial charge in [0.25, 0.3) is 0 Å². The van der Waals surface area contributed by atoms with Crippen LogP contribution in [0.15, 0.2) is 24.4 Å². The second-order valence-electron chi connectivity index (χ2n) is 5.90. The Bertz CT molecular complexity index is 468. The average Bonchev–Trinajstić information content (AvgIpc) is 3.07. The molecule has 1 aromatic rings. The molecule has 0 bridgehead atoms. The Balaban J connectivity index is 1.38. The molecular weight excluding hydrogens is 280 g/mol. The molecule has 0 unspecified atom stereocenters. The van der Waals surface area contributed by atoms with Crippen molar-refractivity contribution in [3.8, 4) is 0 Å². The fourth-order valence-electron chi connectivity index (χ4n) is 2.99. The van der Waals surface area contributed by atoms with Crippen LogP contribution in [0.3, 0.4) is 0 Å². The molecule has 3 rings (SSSR count). The Kier molecular flexibility index (Phi) is 5.24. The first kappa shape index (κ1) is 15.2. The van der Waals surface area contributed by atoms with Crippen molar-refractivity contribution < 1.29 is 9.53 Å². The van der Waals surface area contributed by atoms with E-state index in [2.05, 4.69) is 15.2 Å². The molecule has 1 N–H and O–H groups in total. The maximum atomic E-state index is 12.2. The SMILES string of the molecule is O=C(NCc1ccccn1)N1CCN(C[C@H]2CCCO2)CC1. The monoisotopic (exact) mass is 304 g/mol. The molecule has 0 aliphatic carbocycles. The fraction of sp³-hybridized carbons (Fsp3) is 0.625. The number of aromatic nitrogens is 1. The Morgan fingerprint density at radius 3 is 2.86 bits per heavy atom. The smallest absolute Gasteiger partial charge is 0.317 e. The molecule has 3 heterocycles. The van der Waals surface area contributed by atoms with Crippen molar-refractivity contribution in [2.75, 3.05) is 39.3 Å². The normalized spacial score (nSPS) is 22.7. The summed E-state index contributed by atoms with van der Waals surface area (Å²) in [7, 11) is 0. The summed E-state index contributed by atoms with van der Waals surface area (Å²) in [4.78, 5) is 20.7. The van der Waals surface area contributed by atoms with Gasteiger partial charge in [0.2, 0.25) is 0 Å². The molecule has 2 fully saturated rings. The number of rotatable bonds is 4. The Morgan fingerprint density at radius 2 is 2.18 bits per heavy atom. The summed E-state index contributed by atoms with van der Waals surface area (Å²) in [6, 6.07) is 5.72. The summed E-state index contributed by atoms with van der Waals surface area (Å²) < 4.78 is 5.68. The highest BCUT2D eigenvalue weighted by molar-refractivity contribution is 5.74. The van der Waals surface area contributed by atoms with Gasteiger partial charge in [-0.1, -0.05) is 6.07 Å². The number of nitrogens with one attached hydrogen (secondary N) is 1. The van der Waals surface area contributed by atoms with Crippen molar-refractivity contribution in [1.82, 2.24) is 20.1 Å². The van der Waals surface area contributed by atoms with E-state index in [4.69, 9.17) is 4.74 Å². The van der Waals surface area contributed by atoms with Crippen LogP contribution in [0.4, 0.5) is 4.79 Å². The van der Waals surface area contributed by atoms with Gasteiger partial charge in [-0.25, -0.2) is 4.79 Å². The van der Waals surface area contributed by atoms with Gasteiger partial charge in [-0.15, -0.1) is 0 Å². The number of hydrogen-bond acceptors (Lipinski definition) is 4. The first-order valence-electron chi connectivity index (χ1n) is 8.08. The van der Waals surface area contributed by atoms with Crippen molar-refractivity contribution in [2.24, 2.45) is 0 Å². The van der Waals surface area contributed by atoms with Gasteiger partial charge >= 0.3 is 6.03 Å². The summed E-state index contributed by atoms with van der Waals surface area (Å²) in [5.74, 6) is 0. The first-order chi connectivity index (χ1) is 10.8. The van der Waals surface area contributed by atoms with E-state index in [0.29, 0.717) is 12.6 Å². The molecule has 6 heteroatoms. The van der Waals surface area contributed by atoms with E-state index >= 15 is 0 Å². The number of ether oxygens (including phenoxy) is 1. The van der Waals surface area contributed by atoms with Crippen molar-refractivity contribution in [3.05, 3.63) is 30.1 Å². The zero-order valence-electron chi connectivity index (χ0n) is 12.9. The number of piperazine rings is 1. The maximum absolute atomic E-state index is 12.2. The highest BCUT2D eigenvalue weighted by Crippen LogP contribution is 2.14. The summed E-state index contributed by atoms with van der Waals surface area (Å²) in [6.45, 7) is 5.80. The zero-order valence-corrected chi connectivity index (χ0v) is 12.9. The van der Waals surface area contributed by atoms with E-state index in [-0.39, 0.29) is 6.03 Å². The largest absolute Gasteiger partial charge is 0.377 e. The van der Waals surface area contributed by atoms with E-state index in [1.807, 2.05) is 23.1 Å². The maximum Gasteiger partial charge on any atom is 0.317 e. The van der Waals surface area contributed by atoms with Gasteiger partial charge in [0.15, 0.2) is 0 Å². The summed E-state index contributed by atoms with van der Waals surface area (Å²) in [5, 5.41) is 2.94. The van der Waals surface area contributed by atoms with Gasteiger partial charge in [-0.05, 0) is 25.0 Å². The van der Waals surface area contributed by atoms with Crippen molar-refractivity contribution in [1.29, 1.82) is 0 Å². The minimum Gasteiger partial charge on any atom is -0.377 e. The molecule has 1 atom stereocenters. The topological polar surface area (TPSA) is 57.7 Å². The van der Waals surface area contributed by atoms with Crippen LogP contribution in [0, 0.1) is 0 Å². The lowest BCUT2D eigenvalue weighted by Crippen LogP contribution is -2.52. The molecule has 6 nitrogen and oxygen atoms in total. The van der Waals surface area contributed by atoms with Gasteiger partial charge in [0.1, 0.15) is 0 Å². The lowest BCUT2D eigenvalue weighted by Gasteiger charge is -2.35. The van der Waals surface area contributed by atoms with E-state index in [9.17, 15) is 4.79 Å². The second-order valence-corrected chi connectivity index (χ2v) is 5.90. The van der Waals surface area contributed by atoms with Gasteiger partial charge < -0.3 is 15.0 Å². The third-order valence-electron chi connectivity index (χ3n) is 4.29. The molecule has 0 radical (unpaired) electrons. The molecule has 1 aromatic heterocycles. The average molecular weight is 304 g/mol. The van der Waals surface area contributed by atoms with E-state index in [0.717, 1.165) is 45.0 Å². The lowest BCUT2D eigenvalue weighted by molar-refractivity contribution is 0.0561. The van der Waals surface area contributed by atoms with Crippen LogP contribution < -0.4 is 5.32 Å². The fourth-order valence-corrected chi connectivity index (χ4v) is 2.99. The highest BCUT2D eigenvalue weighted by atomic mass is 16.5. The Morgan fingerprint density at radius 1 is 1.32 bits per heavy atom. The quantitative estimate of drug-likeness (QED) is 0.904. The van der Waals surface area contributed by atoms with Crippen LogP contribution in [-0.4, -0.2) is 66.2 Å². The van der Waals surface area contributed by atoms with Gasteiger partial charge in [0.05, 0.1) is 18.3 Å². The van der Waals surface area contributed by atoms with Gasteiger partial charge in [-0.2, -0.15) is 0 Å². The van der Waals surface area contributed by atoms with Gasteiger partial charge in [0, 0.05) is 45.5 Å². The van der Waals surface area contributed by atoms with Crippen LogP contribution in [0.25, 0.3) is 0 Å². The molecule has 0 spiro atoms. The van der Waals surface area contributed by atoms with Crippen LogP contribution >= 0.6 is 0 Å². The Labute approximate surface area is 131 Å². The predicted molar refractivity (Wildman–Crippen MR) is 83.5 cm³/mol. The van der Waals surface area contributed by atoms with E-state index < -0.39 is 0 Å². The summed E-state index contributed by atoms with van der Waals surface area (Å²) in [5.41, 5.74) is 0.882.